The van der Waals surface area contributed by atoms with Crippen LogP contribution >= 0.6 is 11.3 Å². The second kappa shape index (κ2) is 5.93. The fraction of sp³-hybridized carbons (Fsp3) is 0.333. The number of amides is 1. The number of hydrogen-bond donors (Lipinski definition) is 1. The lowest BCUT2D eigenvalue weighted by atomic mass is 10.2. The van der Waals surface area contributed by atoms with E-state index in [-0.39, 0.29) is 11.9 Å². The number of nitrogen functional groups attached to an aromatic ring is 1. The molecule has 0 spiro atoms. The number of nitrogens with two attached hydrogens (primary N) is 1. The van der Waals surface area contributed by atoms with Gasteiger partial charge < -0.3 is 10.6 Å². The third-order valence-electron chi connectivity index (χ3n) is 3.10. The van der Waals surface area contributed by atoms with Crippen LogP contribution in [0.5, 0.6) is 0 Å². The molecule has 104 valence electrons. The average molecular weight is 287 g/mol. The predicted molar refractivity (Wildman–Crippen MR) is 82.6 cm³/mol. The van der Waals surface area contributed by atoms with Crippen LogP contribution in [0.4, 0.5) is 5.69 Å². The molecule has 0 fully saturated rings. The summed E-state index contributed by atoms with van der Waals surface area (Å²) in [5.74, 6) is -0.0185. The van der Waals surface area contributed by atoms with Crippen LogP contribution in [0.25, 0.3) is 10.1 Å². The molecule has 1 amide bonds. The maximum absolute atomic E-state index is 12.5. The molecule has 0 aliphatic heterocycles. The fourth-order valence-corrected chi connectivity index (χ4v) is 3.07. The molecular formula is C15H17N3OS. The minimum atomic E-state index is -0.0185. The summed E-state index contributed by atoms with van der Waals surface area (Å²) in [6.45, 7) is 4.38. The molecule has 20 heavy (non-hydrogen) atoms. The highest BCUT2D eigenvalue weighted by Crippen LogP contribution is 2.28. The molecule has 4 nitrogen and oxygen atoms in total. The van der Waals surface area contributed by atoms with Crippen molar-refractivity contribution >= 4 is 33.0 Å². The predicted octanol–water partition coefficient (Wildman–Crippen LogP) is 3.25. The lowest BCUT2D eigenvalue weighted by Gasteiger charge is -2.25. The molecule has 1 aromatic heterocycles. The van der Waals surface area contributed by atoms with Gasteiger partial charge in [0.25, 0.3) is 5.91 Å². The van der Waals surface area contributed by atoms with Crippen molar-refractivity contribution in [3.05, 3.63) is 29.1 Å². The van der Waals surface area contributed by atoms with Crippen molar-refractivity contribution in [3.63, 3.8) is 0 Å². The molecule has 2 rings (SSSR count). The number of anilines is 1. The van der Waals surface area contributed by atoms with Gasteiger partial charge in [0, 0.05) is 23.0 Å². The minimum absolute atomic E-state index is 0.0185. The van der Waals surface area contributed by atoms with Crippen LogP contribution in [-0.4, -0.2) is 23.4 Å². The second-order valence-corrected chi connectivity index (χ2v) is 5.99. The number of nitrogens with zero attached hydrogens (tertiary/aromatic N) is 2. The van der Waals surface area contributed by atoms with E-state index in [0.717, 1.165) is 10.1 Å². The second-order valence-electron chi connectivity index (χ2n) is 4.91. The molecular weight excluding hydrogens is 270 g/mol. The zero-order valence-electron chi connectivity index (χ0n) is 11.6. The Morgan fingerprint density at radius 2 is 2.20 bits per heavy atom. The van der Waals surface area contributed by atoms with E-state index in [2.05, 4.69) is 6.07 Å². The van der Waals surface area contributed by atoms with E-state index in [1.54, 1.807) is 4.90 Å². The maximum atomic E-state index is 12.5. The first-order valence-corrected chi connectivity index (χ1v) is 7.31. The first kappa shape index (κ1) is 14.4. The molecule has 1 heterocycles. The van der Waals surface area contributed by atoms with Gasteiger partial charge in [0.1, 0.15) is 0 Å². The summed E-state index contributed by atoms with van der Waals surface area (Å²) in [5, 5.41) is 9.68. The number of benzene rings is 1. The standard InChI is InChI=1S/C15H17N3OS/c1-10(2)18(7-3-6-16)15(19)14-9-11-8-12(17)4-5-13(11)20-14/h4-5,8-10H,3,7,17H2,1-2H3. The molecule has 0 bridgehead atoms. The Morgan fingerprint density at radius 1 is 1.45 bits per heavy atom. The number of hydrogen-bond acceptors (Lipinski definition) is 4. The van der Waals surface area contributed by atoms with Gasteiger partial charge in [0.05, 0.1) is 17.4 Å². The van der Waals surface area contributed by atoms with E-state index < -0.39 is 0 Å². The molecule has 0 saturated carbocycles. The Morgan fingerprint density at radius 3 is 2.85 bits per heavy atom. The number of fused-ring (bicyclic) bond motifs is 1. The van der Waals surface area contributed by atoms with E-state index in [1.807, 2.05) is 38.1 Å². The molecule has 0 aliphatic carbocycles. The monoisotopic (exact) mass is 287 g/mol. The van der Waals surface area contributed by atoms with E-state index in [9.17, 15) is 4.79 Å². The highest BCUT2D eigenvalue weighted by molar-refractivity contribution is 7.20. The summed E-state index contributed by atoms with van der Waals surface area (Å²) >= 11 is 1.46. The van der Waals surface area contributed by atoms with Gasteiger partial charge >= 0.3 is 0 Å². The Bertz CT molecular complexity index is 669. The quantitative estimate of drug-likeness (QED) is 0.877. The van der Waals surface area contributed by atoms with Gasteiger partial charge in [-0.05, 0) is 43.5 Å². The molecule has 5 heteroatoms. The highest BCUT2D eigenvalue weighted by atomic mass is 32.1. The van der Waals surface area contributed by atoms with E-state index in [0.29, 0.717) is 23.5 Å². The van der Waals surface area contributed by atoms with Crippen LogP contribution in [0.1, 0.15) is 29.9 Å². The Hall–Kier alpha value is -2.06. The zero-order chi connectivity index (χ0) is 14.7. The van der Waals surface area contributed by atoms with Gasteiger partial charge in [-0.15, -0.1) is 11.3 Å². The largest absolute Gasteiger partial charge is 0.399 e. The van der Waals surface area contributed by atoms with Crippen molar-refractivity contribution in [2.75, 3.05) is 12.3 Å². The SMILES string of the molecule is CC(C)N(CCC#N)C(=O)c1cc2cc(N)ccc2s1. The molecule has 0 radical (unpaired) electrons. The van der Waals surface area contributed by atoms with Gasteiger partial charge in [-0.2, -0.15) is 5.26 Å². The van der Waals surface area contributed by atoms with Gasteiger partial charge in [-0.25, -0.2) is 0 Å². The van der Waals surface area contributed by atoms with Gasteiger partial charge in [0.15, 0.2) is 0 Å². The average Bonchev–Trinajstić information content (AvgIpc) is 2.81. The zero-order valence-corrected chi connectivity index (χ0v) is 12.4. The van der Waals surface area contributed by atoms with Crippen molar-refractivity contribution in [1.82, 2.24) is 4.90 Å². The topological polar surface area (TPSA) is 70.1 Å². The normalized spacial score (nSPS) is 10.7. The van der Waals surface area contributed by atoms with Crippen LogP contribution in [0.3, 0.4) is 0 Å². The molecule has 0 saturated heterocycles. The lowest BCUT2D eigenvalue weighted by molar-refractivity contribution is 0.0715. The summed E-state index contributed by atoms with van der Waals surface area (Å²) in [6, 6.07) is 9.68. The number of thiophene rings is 1. The van der Waals surface area contributed by atoms with Crippen LogP contribution in [-0.2, 0) is 0 Å². The number of carbonyl (C=O) groups is 1. The molecule has 0 atom stereocenters. The molecule has 1 aromatic carbocycles. The van der Waals surface area contributed by atoms with Crippen LogP contribution in [0, 0.1) is 11.3 Å². The van der Waals surface area contributed by atoms with Gasteiger partial charge in [0.2, 0.25) is 0 Å². The first-order valence-electron chi connectivity index (χ1n) is 6.50. The Kier molecular flexibility index (Phi) is 4.26. The number of rotatable bonds is 4. The summed E-state index contributed by atoms with van der Waals surface area (Å²) in [5.41, 5.74) is 6.45. The van der Waals surface area contributed by atoms with Crippen LogP contribution in [0.15, 0.2) is 24.3 Å². The summed E-state index contributed by atoms with van der Waals surface area (Å²) in [6.07, 6.45) is 0.349. The van der Waals surface area contributed by atoms with Crippen molar-refractivity contribution in [3.8, 4) is 6.07 Å². The summed E-state index contributed by atoms with van der Waals surface area (Å²) in [4.78, 5) is 15.0. The van der Waals surface area contributed by atoms with E-state index >= 15 is 0 Å². The van der Waals surface area contributed by atoms with Crippen molar-refractivity contribution in [2.45, 2.75) is 26.3 Å². The fourth-order valence-electron chi connectivity index (χ4n) is 2.07. The third kappa shape index (κ3) is 2.91. The van der Waals surface area contributed by atoms with E-state index in [1.165, 1.54) is 11.3 Å². The van der Waals surface area contributed by atoms with Crippen LogP contribution in [0.2, 0.25) is 0 Å². The van der Waals surface area contributed by atoms with E-state index in [4.69, 9.17) is 11.0 Å². The minimum Gasteiger partial charge on any atom is -0.399 e. The van der Waals surface area contributed by atoms with Crippen molar-refractivity contribution in [2.24, 2.45) is 0 Å². The van der Waals surface area contributed by atoms with Gasteiger partial charge in [-0.1, -0.05) is 0 Å². The molecule has 2 aromatic rings. The Balaban J connectivity index is 2.31. The Labute approximate surface area is 122 Å². The highest BCUT2D eigenvalue weighted by Gasteiger charge is 2.20. The molecule has 0 aliphatic rings. The maximum Gasteiger partial charge on any atom is 0.264 e. The van der Waals surface area contributed by atoms with Crippen molar-refractivity contribution < 1.29 is 4.79 Å². The third-order valence-corrected chi connectivity index (χ3v) is 4.20. The number of carbonyl (C=O) groups excluding carboxylic acids is 1. The lowest BCUT2D eigenvalue weighted by Crippen LogP contribution is -2.37. The summed E-state index contributed by atoms with van der Waals surface area (Å²) in [7, 11) is 0. The first-order chi connectivity index (χ1) is 9.52. The number of nitriles is 1. The van der Waals surface area contributed by atoms with Crippen LogP contribution < -0.4 is 5.73 Å². The smallest absolute Gasteiger partial charge is 0.264 e. The summed E-state index contributed by atoms with van der Waals surface area (Å²) < 4.78 is 1.05. The van der Waals surface area contributed by atoms with Crippen molar-refractivity contribution in [1.29, 1.82) is 5.26 Å². The van der Waals surface area contributed by atoms with Gasteiger partial charge in [-0.3, -0.25) is 4.79 Å². The molecule has 0 unspecified atom stereocenters. The molecule has 2 N–H and O–H groups in total.